The van der Waals surface area contributed by atoms with Crippen molar-refractivity contribution in [1.82, 2.24) is 4.90 Å². The summed E-state index contributed by atoms with van der Waals surface area (Å²) >= 11 is 0. The van der Waals surface area contributed by atoms with Gasteiger partial charge in [0.2, 0.25) is 11.8 Å². The first-order valence-electron chi connectivity index (χ1n) is 7.74. The number of hydrogen-bond donors (Lipinski definition) is 0. The van der Waals surface area contributed by atoms with Gasteiger partial charge < -0.3 is 9.80 Å². The lowest BCUT2D eigenvalue weighted by Gasteiger charge is -2.34. The summed E-state index contributed by atoms with van der Waals surface area (Å²) in [4.78, 5) is 28.1. The molecule has 1 atom stereocenters. The summed E-state index contributed by atoms with van der Waals surface area (Å²) in [6.45, 7) is 5.12. The molecule has 0 saturated carbocycles. The van der Waals surface area contributed by atoms with Gasteiger partial charge in [-0.1, -0.05) is 18.2 Å². The van der Waals surface area contributed by atoms with Crippen LogP contribution >= 0.6 is 0 Å². The fourth-order valence-electron chi connectivity index (χ4n) is 3.54. The van der Waals surface area contributed by atoms with Crippen LogP contribution in [0, 0.1) is 5.92 Å². The van der Waals surface area contributed by atoms with Crippen LogP contribution in [0.5, 0.6) is 0 Å². The second-order valence-electron chi connectivity index (χ2n) is 6.17. The van der Waals surface area contributed by atoms with Gasteiger partial charge in [0.15, 0.2) is 0 Å². The van der Waals surface area contributed by atoms with Crippen LogP contribution in [0.1, 0.15) is 32.3 Å². The molecule has 0 N–H and O–H groups in total. The highest BCUT2D eigenvalue weighted by Crippen LogP contribution is 2.34. The highest BCUT2D eigenvalue weighted by atomic mass is 16.2. The minimum absolute atomic E-state index is 0.0502. The Labute approximate surface area is 125 Å². The molecule has 1 fully saturated rings. The molecule has 21 heavy (non-hydrogen) atoms. The van der Waals surface area contributed by atoms with Gasteiger partial charge in [-0.15, -0.1) is 0 Å². The molecule has 3 rings (SSSR count). The summed E-state index contributed by atoms with van der Waals surface area (Å²) in [7, 11) is 0. The predicted octanol–water partition coefficient (Wildman–Crippen LogP) is 2.22. The molecule has 2 aliphatic rings. The summed E-state index contributed by atoms with van der Waals surface area (Å²) in [5.41, 5.74) is 2.34. The van der Waals surface area contributed by atoms with Crippen molar-refractivity contribution in [2.75, 3.05) is 18.0 Å². The molecule has 0 radical (unpaired) electrons. The zero-order chi connectivity index (χ0) is 15.0. The van der Waals surface area contributed by atoms with E-state index in [0.29, 0.717) is 13.1 Å². The van der Waals surface area contributed by atoms with E-state index in [1.807, 2.05) is 28.0 Å². The number of para-hydroxylation sites is 1. The third-order valence-electron chi connectivity index (χ3n) is 4.73. The lowest BCUT2D eigenvalue weighted by molar-refractivity contribution is -0.133. The fourth-order valence-corrected chi connectivity index (χ4v) is 3.54. The Hall–Kier alpha value is -1.84. The van der Waals surface area contributed by atoms with Crippen LogP contribution < -0.4 is 4.90 Å². The van der Waals surface area contributed by atoms with E-state index in [9.17, 15) is 9.59 Å². The zero-order valence-electron chi connectivity index (χ0n) is 12.7. The number of amides is 2. The third-order valence-corrected chi connectivity index (χ3v) is 4.73. The van der Waals surface area contributed by atoms with Crippen LogP contribution in [0.25, 0.3) is 0 Å². The van der Waals surface area contributed by atoms with Gasteiger partial charge in [0, 0.05) is 37.7 Å². The molecule has 0 aromatic heterocycles. The molecule has 1 aromatic carbocycles. The predicted molar refractivity (Wildman–Crippen MR) is 82.1 cm³/mol. The Morgan fingerprint density at radius 3 is 2.48 bits per heavy atom. The molecule has 0 aliphatic carbocycles. The molecule has 0 bridgehead atoms. The lowest BCUT2D eigenvalue weighted by Crippen LogP contribution is -2.45. The Balaban J connectivity index is 1.73. The van der Waals surface area contributed by atoms with Gasteiger partial charge in [-0.3, -0.25) is 9.59 Å². The number of benzene rings is 1. The van der Waals surface area contributed by atoms with Gasteiger partial charge in [0.1, 0.15) is 0 Å². The van der Waals surface area contributed by atoms with Crippen molar-refractivity contribution in [2.24, 2.45) is 5.92 Å². The number of carbonyl (C=O) groups is 2. The Morgan fingerprint density at radius 1 is 1.14 bits per heavy atom. The number of fused-ring (bicyclic) bond motifs is 1. The highest BCUT2D eigenvalue weighted by Gasteiger charge is 2.36. The van der Waals surface area contributed by atoms with Gasteiger partial charge in [-0.05, 0) is 37.8 Å². The van der Waals surface area contributed by atoms with Crippen molar-refractivity contribution in [1.29, 1.82) is 0 Å². The molecule has 0 spiro atoms. The average molecular weight is 286 g/mol. The van der Waals surface area contributed by atoms with Crippen LogP contribution in [0.2, 0.25) is 0 Å². The highest BCUT2D eigenvalue weighted by molar-refractivity contribution is 5.97. The van der Waals surface area contributed by atoms with E-state index >= 15 is 0 Å². The molecule has 2 amide bonds. The molecule has 112 valence electrons. The van der Waals surface area contributed by atoms with E-state index in [1.165, 1.54) is 5.56 Å². The van der Waals surface area contributed by atoms with Crippen molar-refractivity contribution < 1.29 is 9.59 Å². The fraction of sp³-hybridized carbons (Fsp3) is 0.529. The summed E-state index contributed by atoms with van der Waals surface area (Å²) < 4.78 is 0. The van der Waals surface area contributed by atoms with E-state index in [0.717, 1.165) is 24.9 Å². The number of carbonyl (C=O) groups excluding carboxylic acids is 2. The van der Waals surface area contributed by atoms with Crippen molar-refractivity contribution >= 4 is 17.5 Å². The van der Waals surface area contributed by atoms with Crippen LogP contribution in [0.3, 0.4) is 0 Å². The summed E-state index contributed by atoms with van der Waals surface area (Å²) in [6, 6.07) is 8.42. The number of nitrogens with zero attached hydrogens (tertiary/aromatic N) is 2. The number of anilines is 1. The Bertz CT molecular complexity index is 562. The maximum absolute atomic E-state index is 12.9. The number of hydrogen-bond acceptors (Lipinski definition) is 2. The van der Waals surface area contributed by atoms with E-state index in [-0.39, 0.29) is 23.8 Å². The van der Waals surface area contributed by atoms with E-state index in [1.54, 1.807) is 6.92 Å². The van der Waals surface area contributed by atoms with Gasteiger partial charge in [0.25, 0.3) is 0 Å². The van der Waals surface area contributed by atoms with Crippen LogP contribution in [-0.4, -0.2) is 35.8 Å². The van der Waals surface area contributed by atoms with Crippen LogP contribution in [-0.2, 0) is 16.0 Å². The molecule has 4 nitrogen and oxygen atoms in total. The molecule has 1 unspecified atom stereocenters. The molecule has 2 heterocycles. The maximum atomic E-state index is 12.9. The minimum atomic E-state index is 0.0502. The lowest BCUT2D eigenvalue weighted by atomic mass is 9.95. The first-order valence-corrected chi connectivity index (χ1v) is 7.74. The van der Waals surface area contributed by atoms with Crippen LogP contribution in [0.15, 0.2) is 24.3 Å². The summed E-state index contributed by atoms with van der Waals surface area (Å²) in [5, 5.41) is 0. The molecular formula is C17H22N2O2. The topological polar surface area (TPSA) is 40.6 Å². The average Bonchev–Trinajstić information content (AvgIpc) is 2.82. The van der Waals surface area contributed by atoms with Crippen molar-refractivity contribution in [2.45, 2.75) is 39.2 Å². The Morgan fingerprint density at radius 2 is 1.81 bits per heavy atom. The summed E-state index contributed by atoms with van der Waals surface area (Å²) in [6.07, 6.45) is 2.50. The van der Waals surface area contributed by atoms with E-state index in [4.69, 9.17) is 0 Å². The molecule has 4 heteroatoms. The largest absolute Gasteiger partial charge is 0.343 e. The quantitative estimate of drug-likeness (QED) is 0.794. The summed E-state index contributed by atoms with van der Waals surface area (Å²) in [5.74, 6) is 0.394. The van der Waals surface area contributed by atoms with Crippen molar-refractivity contribution in [3.05, 3.63) is 29.8 Å². The second-order valence-corrected chi connectivity index (χ2v) is 6.17. The second kappa shape index (κ2) is 5.51. The third kappa shape index (κ3) is 2.55. The van der Waals surface area contributed by atoms with E-state index in [2.05, 4.69) is 13.0 Å². The maximum Gasteiger partial charge on any atom is 0.230 e. The Kier molecular flexibility index (Phi) is 3.70. The first kappa shape index (κ1) is 14.1. The SMILES string of the molecule is CC(=O)N1CCC(C(=O)N2c3ccccc3CC2C)CC1. The number of rotatable bonds is 1. The molecule has 1 aromatic rings. The number of piperidine rings is 1. The smallest absolute Gasteiger partial charge is 0.230 e. The molecule has 2 aliphatic heterocycles. The van der Waals surface area contributed by atoms with Crippen molar-refractivity contribution in [3.63, 3.8) is 0 Å². The number of likely N-dealkylation sites (tertiary alicyclic amines) is 1. The molecule has 1 saturated heterocycles. The zero-order valence-corrected chi connectivity index (χ0v) is 12.7. The van der Waals surface area contributed by atoms with E-state index < -0.39 is 0 Å². The molecular weight excluding hydrogens is 264 g/mol. The van der Waals surface area contributed by atoms with Gasteiger partial charge in [-0.2, -0.15) is 0 Å². The van der Waals surface area contributed by atoms with Crippen molar-refractivity contribution in [3.8, 4) is 0 Å². The van der Waals surface area contributed by atoms with Crippen LogP contribution in [0.4, 0.5) is 5.69 Å². The normalized spacial score (nSPS) is 22.3. The minimum Gasteiger partial charge on any atom is -0.343 e. The van der Waals surface area contributed by atoms with Gasteiger partial charge in [0.05, 0.1) is 0 Å². The standard InChI is InChI=1S/C17H22N2O2/c1-12-11-15-5-3-4-6-16(15)19(12)17(21)14-7-9-18(10-8-14)13(2)20/h3-6,12,14H,7-11H2,1-2H3. The monoisotopic (exact) mass is 286 g/mol. The van der Waals surface area contributed by atoms with Gasteiger partial charge in [-0.25, -0.2) is 0 Å². The van der Waals surface area contributed by atoms with Gasteiger partial charge >= 0.3 is 0 Å². The first-order chi connectivity index (χ1) is 10.1.